The van der Waals surface area contributed by atoms with Crippen molar-refractivity contribution in [2.75, 3.05) is 12.9 Å². The molecule has 2 unspecified atom stereocenters. The molecule has 0 aliphatic heterocycles. The second-order valence-electron chi connectivity index (χ2n) is 9.33. The van der Waals surface area contributed by atoms with E-state index in [1.54, 1.807) is 11.8 Å². The van der Waals surface area contributed by atoms with E-state index in [4.69, 9.17) is 0 Å². The molecule has 0 aromatic heterocycles. The highest BCUT2D eigenvalue weighted by Gasteiger charge is 2.26. The first-order chi connectivity index (χ1) is 12.8. The Bertz CT molecular complexity index is 623. The van der Waals surface area contributed by atoms with E-state index in [0.29, 0.717) is 17.9 Å². The van der Waals surface area contributed by atoms with Crippen LogP contribution >= 0.6 is 11.8 Å². The fourth-order valence-electron chi connectivity index (χ4n) is 2.94. The zero-order chi connectivity index (χ0) is 21.7. The number of benzene rings is 1. The smallest absolute Gasteiger partial charge is 0.308 e. The molecule has 0 amide bonds. The van der Waals surface area contributed by atoms with Gasteiger partial charge in [0, 0.05) is 21.8 Å². The molecule has 1 aromatic rings. The molecule has 0 fully saturated rings. The third-order valence-corrected chi connectivity index (χ3v) is 5.60. The molecule has 3 N–H and O–H groups in total. The summed E-state index contributed by atoms with van der Waals surface area (Å²) in [5.41, 5.74) is 1.46. The van der Waals surface area contributed by atoms with E-state index in [1.165, 1.54) is 7.11 Å². The normalized spacial score (nSPS) is 14.6. The lowest BCUT2D eigenvalue weighted by Crippen LogP contribution is -2.21. The number of rotatable bonds is 8. The Morgan fingerprint density at radius 3 is 1.96 bits per heavy atom. The van der Waals surface area contributed by atoms with E-state index in [1.807, 2.05) is 12.1 Å². The van der Waals surface area contributed by atoms with E-state index < -0.39 is 18.2 Å². The molecule has 0 saturated heterocycles. The molecular formula is C22H36O5S. The third-order valence-electron chi connectivity index (χ3n) is 4.59. The summed E-state index contributed by atoms with van der Waals surface area (Å²) in [7, 11) is 1.28. The molecule has 0 bridgehead atoms. The Balaban J connectivity index is 2.80. The minimum absolute atomic E-state index is 0.109. The Labute approximate surface area is 173 Å². The van der Waals surface area contributed by atoms with E-state index in [0.717, 1.165) is 16.0 Å². The lowest BCUT2D eigenvalue weighted by molar-refractivity contribution is -0.143. The Morgan fingerprint density at radius 2 is 1.54 bits per heavy atom. The van der Waals surface area contributed by atoms with Crippen LogP contribution in [-0.2, 0) is 20.4 Å². The average molecular weight is 413 g/mol. The van der Waals surface area contributed by atoms with Crippen LogP contribution in [0.3, 0.4) is 0 Å². The van der Waals surface area contributed by atoms with Gasteiger partial charge in [0.15, 0.2) is 0 Å². The van der Waals surface area contributed by atoms with Gasteiger partial charge in [-0.25, -0.2) is 0 Å². The lowest BCUT2D eigenvalue weighted by atomic mass is 9.79. The van der Waals surface area contributed by atoms with Gasteiger partial charge in [-0.05, 0) is 35.8 Å². The summed E-state index contributed by atoms with van der Waals surface area (Å²) < 4.78 is 4.52. The van der Waals surface area contributed by atoms with Gasteiger partial charge in [0.25, 0.3) is 0 Å². The van der Waals surface area contributed by atoms with E-state index in [2.05, 4.69) is 46.3 Å². The van der Waals surface area contributed by atoms with Crippen molar-refractivity contribution in [3.8, 4) is 5.75 Å². The van der Waals surface area contributed by atoms with Crippen molar-refractivity contribution in [1.29, 1.82) is 0 Å². The molecule has 0 radical (unpaired) electrons. The Morgan fingerprint density at radius 1 is 1.04 bits per heavy atom. The second-order valence-corrected chi connectivity index (χ2v) is 10.5. The van der Waals surface area contributed by atoms with Gasteiger partial charge in [0.1, 0.15) is 5.75 Å². The quantitative estimate of drug-likeness (QED) is 0.439. The highest BCUT2D eigenvalue weighted by Crippen LogP contribution is 2.41. The number of phenols is 1. The van der Waals surface area contributed by atoms with Crippen LogP contribution in [0.5, 0.6) is 5.75 Å². The van der Waals surface area contributed by atoms with Gasteiger partial charge in [-0.15, -0.1) is 11.8 Å². The number of ether oxygens (including phenoxy) is 1. The van der Waals surface area contributed by atoms with E-state index >= 15 is 0 Å². The average Bonchev–Trinajstić information content (AvgIpc) is 2.53. The van der Waals surface area contributed by atoms with Gasteiger partial charge in [-0.2, -0.15) is 0 Å². The van der Waals surface area contributed by atoms with Gasteiger partial charge in [0.05, 0.1) is 25.7 Å². The van der Waals surface area contributed by atoms with Crippen LogP contribution in [0.4, 0.5) is 0 Å². The zero-order valence-electron chi connectivity index (χ0n) is 18.2. The zero-order valence-corrected chi connectivity index (χ0v) is 19.0. The molecule has 6 heteroatoms. The Kier molecular flexibility index (Phi) is 8.85. The largest absolute Gasteiger partial charge is 0.507 e. The van der Waals surface area contributed by atoms with Crippen molar-refractivity contribution in [2.24, 2.45) is 0 Å². The predicted molar refractivity (Wildman–Crippen MR) is 114 cm³/mol. The van der Waals surface area contributed by atoms with Crippen molar-refractivity contribution in [2.45, 2.75) is 88.7 Å². The molecule has 0 aliphatic carbocycles. The van der Waals surface area contributed by atoms with Crippen LogP contribution in [-0.4, -0.2) is 46.4 Å². The molecule has 0 spiro atoms. The number of esters is 1. The summed E-state index contributed by atoms with van der Waals surface area (Å²) in [6.45, 7) is 12.5. The van der Waals surface area contributed by atoms with Gasteiger partial charge >= 0.3 is 5.97 Å². The number of methoxy groups -OCH3 is 1. The predicted octanol–water partition coefficient (Wildman–Crippen LogP) is 4.14. The third kappa shape index (κ3) is 7.64. The summed E-state index contributed by atoms with van der Waals surface area (Å²) in [5, 5.41) is 30.7. The SMILES string of the molecule is COC(=O)CC(O)CC(O)CCSc1cc(C(C)(C)C)c(O)c(C(C)(C)C)c1. The van der Waals surface area contributed by atoms with Crippen molar-refractivity contribution >= 4 is 17.7 Å². The highest BCUT2D eigenvalue weighted by molar-refractivity contribution is 7.99. The van der Waals surface area contributed by atoms with Gasteiger partial charge in [-0.1, -0.05) is 41.5 Å². The number of phenolic OH excluding ortho intramolecular Hbond substituents is 1. The highest BCUT2D eigenvalue weighted by atomic mass is 32.2. The molecule has 160 valence electrons. The van der Waals surface area contributed by atoms with Gasteiger partial charge in [-0.3, -0.25) is 4.79 Å². The molecule has 5 nitrogen and oxygen atoms in total. The van der Waals surface area contributed by atoms with Crippen LogP contribution in [0.25, 0.3) is 0 Å². The second kappa shape index (κ2) is 9.99. The fraction of sp³-hybridized carbons (Fsp3) is 0.682. The number of thioether (sulfide) groups is 1. The minimum Gasteiger partial charge on any atom is -0.507 e. The van der Waals surface area contributed by atoms with E-state index in [-0.39, 0.29) is 23.7 Å². The number of carbonyl (C=O) groups is 1. The van der Waals surface area contributed by atoms with Crippen molar-refractivity contribution < 1.29 is 24.9 Å². The first-order valence-electron chi connectivity index (χ1n) is 9.69. The Hall–Kier alpha value is -1.24. The summed E-state index contributed by atoms with van der Waals surface area (Å²) >= 11 is 1.62. The summed E-state index contributed by atoms with van der Waals surface area (Å²) in [4.78, 5) is 12.2. The van der Waals surface area contributed by atoms with Crippen LogP contribution in [0, 0.1) is 0 Å². The minimum atomic E-state index is -0.902. The first kappa shape index (κ1) is 24.8. The standard InChI is InChI=1S/C22H36O5S/c1-21(2,3)17-12-16(13-18(20(17)26)22(4,5)6)28-9-8-14(23)10-15(24)11-19(25)27-7/h12-15,23-24,26H,8-11H2,1-7H3. The van der Waals surface area contributed by atoms with Gasteiger partial charge < -0.3 is 20.1 Å². The maximum Gasteiger partial charge on any atom is 0.308 e. The number of hydrogen-bond acceptors (Lipinski definition) is 6. The molecule has 0 heterocycles. The number of hydrogen-bond donors (Lipinski definition) is 3. The fourth-order valence-corrected chi connectivity index (χ4v) is 3.97. The molecular weight excluding hydrogens is 376 g/mol. The van der Waals surface area contributed by atoms with E-state index in [9.17, 15) is 20.1 Å². The number of aliphatic hydroxyl groups is 2. The topological polar surface area (TPSA) is 87.0 Å². The number of aromatic hydroxyl groups is 1. The van der Waals surface area contributed by atoms with Crippen molar-refractivity contribution in [3.05, 3.63) is 23.3 Å². The molecule has 1 rings (SSSR count). The lowest BCUT2D eigenvalue weighted by Gasteiger charge is -2.28. The van der Waals surface area contributed by atoms with Crippen LogP contribution in [0.2, 0.25) is 0 Å². The van der Waals surface area contributed by atoms with Crippen LogP contribution < -0.4 is 0 Å². The molecule has 0 aliphatic rings. The molecule has 1 aromatic carbocycles. The number of aliphatic hydroxyl groups excluding tert-OH is 2. The van der Waals surface area contributed by atoms with Crippen molar-refractivity contribution in [1.82, 2.24) is 0 Å². The van der Waals surface area contributed by atoms with Crippen LogP contribution in [0.1, 0.15) is 71.9 Å². The molecule has 2 atom stereocenters. The van der Waals surface area contributed by atoms with Crippen molar-refractivity contribution in [3.63, 3.8) is 0 Å². The molecule has 28 heavy (non-hydrogen) atoms. The summed E-state index contributed by atoms with van der Waals surface area (Å²) in [5.74, 6) is 0.544. The van der Waals surface area contributed by atoms with Crippen LogP contribution in [0.15, 0.2) is 17.0 Å². The maximum atomic E-state index is 11.2. The summed E-state index contributed by atoms with van der Waals surface area (Å²) in [6, 6.07) is 4.04. The monoisotopic (exact) mass is 412 g/mol. The maximum absolute atomic E-state index is 11.2. The van der Waals surface area contributed by atoms with Gasteiger partial charge in [0.2, 0.25) is 0 Å². The number of carbonyl (C=O) groups excluding carboxylic acids is 1. The molecule has 0 saturated carbocycles. The summed E-state index contributed by atoms with van der Waals surface area (Å²) in [6.07, 6.45) is -1.05. The first-order valence-corrected chi connectivity index (χ1v) is 10.7.